The molecule has 2 atom stereocenters. The van der Waals surface area contributed by atoms with E-state index in [0.29, 0.717) is 12.0 Å². The van der Waals surface area contributed by atoms with Gasteiger partial charge in [-0.2, -0.15) is 0 Å². The number of rotatable bonds is 0. The Kier molecular flexibility index (Phi) is 3.54. The van der Waals surface area contributed by atoms with Crippen LogP contribution in [0.5, 0.6) is 0 Å². The predicted octanol–water partition coefficient (Wildman–Crippen LogP) is 1.29. The number of hydrogen-bond donors (Lipinski definition) is 1. The predicted molar refractivity (Wildman–Crippen MR) is 70.2 cm³/mol. The maximum atomic E-state index is 5.64. The van der Waals surface area contributed by atoms with E-state index in [0.717, 1.165) is 18.8 Å². The molecule has 0 radical (unpaired) electrons. The van der Waals surface area contributed by atoms with Gasteiger partial charge in [-0.3, -0.25) is 0 Å². The molecular weight excluding hydrogens is 236 g/mol. The Balaban J connectivity index is 0.00000108. The zero-order chi connectivity index (χ0) is 11.1. The van der Waals surface area contributed by atoms with Gasteiger partial charge in [-0.25, -0.2) is 9.97 Å². The first-order valence-electron chi connectivity index (χ1n) is 6.04. The number of hydrogen-bond acceptors (Lipinski definition) is 4. The smallest absolute Gasteiger partial charge is 0.220 e. The monoisotopic (exact) mass is 254 g/mol. The third-order valence-electron chi connectivity index (χ3n) is 4.05. The summed E-state index contributed by atoms with van der Waals surface area (Å²) in [5, 5.41) is 0. The van der Waals surface area contributed by atoms with Gasteiger partial charge >= 0.3 is 0 Å². The normalized spacial score (nSPS) is 27.8. The number of fused-ring (bicyclic) bond motifs is 2. The van der Waals surface area contributed by atoms with Crippen molar-refractivity contribution in [2.75, 3.05) is 19.3 Å². The van der Waals surface area contributed by atoms with Crippen LogP contribution >= 0.6 is 12.4 Å². The lowest BCUT2D eigenvalue weighted by Crippen LogP contribution is -2.47. The highest BCUT2D eigenvalue weighted by Gasteiger charge is 2.34. The van der Waals surface area contributed by atoms with Gasteiger partial charge in [0.15, 0.2) is 0 Å². The van der Waals surface area contributed by atoms with Crippen molar-refractivity contribution in [3.05, 3.63) is 17.5 Å². The Morgan fingerprint density at radius 3 is 3.06 bits per heavy atom. The summed E-state index contributed by atoms with van der Waals surface area (Å²) in [6, 6.07) is 0.688. The highest BCUT2D eigenvalue weighted by atomic mass is 35.5. The van der Waals surface area contributed by atoms with Crippen LogP contribution < -0.4 is 5.73 Å². The van der Waals surface area contributed by atoms with Crippen LogP contribution in [0.15, 0.2) is 6.20 Å². The van der Waals surface area contributed by atoms with Crippen molar-refractivity contribution >= 4 is 18.4 Å². The Hall–Kier alpha value is -0.870. The highest BCUT2D eigenvalue weighted by molar-refractivity contribution is 5.85. The molecule has 1 aliphatic carbocycles. The average Bonchev–Trinajstić information content (AvgIpc) is 2.27. The molecule has 2 aliphatic rings. The third kappa shape index (κ3) is 2.24. The number of likely N-dealkylation sites (tertiary alicyclic amines) is 1. The fourth-order valence-electron chi connectivity index (χ4n) is 3.16. The van der Waals surface area contributed by atoms with Gasteiger partial charge in [-0.05, 0) is 50.8 Å². The maximum absolute atomic E-state index is 5.64. The standard InChI is InChI=1S/C12H18N4.ClH/c1-16-4-2-3-8-5-10-9(6-11(8)16)7-14-12(13)15-10;/h7-8,11H,2-6H2,1H3,(H2,13,14,15);1H/t8-,11-;/m0./s1. The molecule has 1 aliphatic heterocycles. The van der Waals surface area contributed by atoms with Gasteiger partial charge in [0.25, 0.3) is 0 Å². The number of anilines is 1. The molecule has 0 aromatic carbocycles. The minimum absolute atomic E-state index is 0. The van der Waals surface area contributed by atoms with Crippen molar-refractivity contribution in [1.82, 2.24) is 14.9 Å². The number of piperidine rings is 1. The SMILES string of the molecule is CN1CCC[C@H]2Cc3nc(N)ncc3C[C@@H]21.Cl. The molecule has 0 unspecified atom stereocenters. The number of nitrogens with zero attached hydrogens (tertiary/aromatic N) is 3. The molecule has 2 N–H and O–H groups in total. The number of likely N-dealkylation sites (N-methyl/N-ethyl adjacent to an activating group) is 1. The first kappa shape index (κ1) is 12.6. The maximum Gasteiger partial charge on any atom is 0.220 e. The van der Waals surface area contributed by atoms with Gasteiger partial charge in [-0.15, -0.1) is 12.4 Å². The van der Waals surface area contributed by atoms with Crippen LogP contribution in [0.2, 0.25) is 0 Å². The van der Waals surface area contributed by atoms with Crippen molar-refractivity contribution in [3.63, 3.8) is 0 Å². The Bertz CT molecular complexity index is 409. The van der Waals surface area contributed by atoms with Crippen molar-refractivity contribution in [2.24, 2.45) is 5.92 Å². The van der Waals surface area contributed by atoms with Crippen LogP contribution in [0.25, 0.3) is 0 Å². The number of nitrogens with two attached hydrogens (primary N) is 1. The molecular formula is C12H19ClN4. The summed E-state index contributed by atoms with van der Waals surface area (Å²) in [6.07, 6.45) is 6.73. The molecule has 94 valence electrons. The van der Waals surface area contributed by atoms with Crippen LogP contribution in [0.3, 0.4) is 0 Å². The van der Waals surface area contributed by atoms with Crippen LogP contribution in [0, 0.1) is 5.92 Å². The molecule has 17 heavy (non-hydrogen) atoms. The summed E-state index contributed by atoms with van der Waals surface area (Å²) in [7, 11) is 2.24. The van der Waals surface area contributed by atoms with E-state index in [1.54, 1.807) is 0 Å². The van der Waals surface area contributed by atoms with E-state index in [4.69, 9.17) is 5.73 Å². The lowest BCUT2D eigenvalue weighted by molar-refractivity contribution is 0.111. The molecule has 1 aromatic rings. The number of nitrogen functional groups attached to an aromatic ring is 1. The molecule has 0 bridgehead atoms. The van der Waals surface area contributed by atoms with Crippen molar-refractivity contribution in [3.8, 4) is 0 Å². The summed E-state index contributed by atoms with van der Waals surface area (Å²) >= 11 is 0. The molecule has 0 saturated carbocycles. The second-order valence-electron chi connectivity index (χ2n) is 5.06. The lowest BCUT2D eigenvalue weighted by atomic mass is 9.77. The minimum Gasteiger partial charge on any atom is -0.368 e. The van der Waals surface area contributed by atoms with E-state index in [1.165, 1.54) is 30.6 Å². The van der Waals surface area contributed by atoms with E-state index < -0.39 is 0 Å². The summed E-state index contributed by atoms with van der Waals surface area (Å²) in [5.41, 5.74) is 8.12. The zero-order valence-corrected chi connectivity index (χ0v) is 10.9. The summed E-state index contributed by atoms with van der Waals surface area (Å²) in [4.78, 5) is 11.0. The van der Waals surface area contributed by atoms with Crippen molar-refractivity contribution in [2.45, 2.75) is 31.7 Å². The van der Waals surface area contributed by atoms with Crippen LogP contribution in [0.4, 0.5) is 5.95 Å². The van der Waals surface area contributed by atoms with Gasteiger partial charge < -0.3 is 10.6 Å². The van der Waals surface area contributed by atoms with Crippen LogP contribution in [-0.2, 0) is 12.8 Å². The molecule has 4 nitrogen and oxygen atoms in total. The molecule has 1 saturated heterocycles. The summed E-state index contributed by atoms with van der Waals surface area (Å²) in [5.74, 6) is 1.18. The van der Waals surface area contributed by atoms with Gasteiger partial charge in [0.05, 0.1) is 0 Å². The fraction of sp³-hybridized carbons (Fsp3) is 0.667. The van der Waals surface area contributed by atoms with E-state index in [1.807, 2.05) is 6.20 Å². The Morgan fingerprint density at radius 1 is 1.41 bits per heavy atom. The summed E-state index contributed by atoms with van der Waals surface area (Å²) < 4.78 is 0. The van der Waals surface area contributed by atoms with Crippen molar-refractivity contribution < 1.29 is 0 Å². The second kappa shape index (κ2) is 4.78. The summed E-state index contributed by atoms with van der Waals surface area (Å²) in [6.45, 7) is 1.23. The highest BCUT2D eigenvalue weighted by Crippen LogP contribution is 2.33. The molecule has 5 heteroatoms. The molecule has 1 aromatic heterocycles. The van der Waals surface area contributed by atoms with Gasteiger partial charge in [0.1, 0.15) is 0 Å². The minimum atomic E-state index is 0. The topological polar surface area (TPSA) is 55.0 Å². The number of aromatic nitrogens is 2. The molecule has 1 fully saturated rings. The Labute approximate surface area is 108 Å². The van der Waals surface area contributed by atoms with E-state index >= 15 is 0 Å². The molecule has 3 rings (SSSR count). The van der Waals surface area contributed by atoms with Gasteiger partial charge in [-0.1, -0.05) is 0 Å². The first-order valence-corrected chi connectivity index (χ1v) is 6.04. The van der Waals surface area contributed by atoms with E-state index in [2.05, 4.69) is 21.9 Å². The molecule has 0 spiro atoms. The largest absolute Gasteiger partial charge is 0.368 e. The average molecular weight is 255 g/mol. The second-order valence-corrected chi connectivity index (χ2v) is 5.06. The Morgan fingerprint density at radius 2 is 2.24 bits per heavy atom. The fourth-order valence-corrected chi connectivity index (χ4v) is 3.16. The first-order chi connectivity index (χ1) is 7.74. The molecule has 2 heterocycles. The van der Waals surface area contributed by atoms with E-state index in [9.17, 15) is 0 Å². The van der Waals surface area contributed by atoms with Crippen LogP contribution in [-0.4, -0.2) is 34.5 Å². The van der Waals surface area contributed by atoms with Gasteiger partial charge in [0.2, 0.25) is 5.95 Å². The third-order valence-corrected chi connectivity index (χ3v) is 4.05. The quantitative estimate of drug-likeness (QED) is 0.758. The van der Waals surface area contributed by atoms with Crippen LogP contribution in [0.1, 0.15) is 24.1 Å². The van der Waals surface area contributed by atoms with Gasteiger partial charge in [0, 0.05) is 17.9 Å². The molecule has 0 amide bonds. The lowest BCUT2D eigenvalue weighted by Gasteiger charge is -2.42. The van der Waals surface area contributed by atoms with Crippen molar-refractivity contribution in [1.29, 1.82) is 0 Å². The zero-order valence-electron chi connectivity index (χ0n) is 10.1. The number of halogens is 1. The van der Waals surface area contributed by atoms with E-state index in [-0.39, 0.29) is 12.4 Å².